The summed E-state index contributed by atoms with van der Waals surface area (Å²) >= 11 is 0. The summed E-state index contributed by atoms with van der Waals surface area (Å²) in [4.78, 5) is 55.1. The van der Waals surface area contributed by atoms with E-state index in [4.69, 9.17) is 4.74 Å². The molecular weight excluding hydrogens is 569 g/mol. The summed E-state index contributed by atoms with van der Waals surface area (Å²) in [6.07, 6.45) is 0. The van der Waals surface area contributed by atoms with Gasteiger partial charge < -0.3 is 23.5 Å². The molecule has 0 aromatic heterocycles. The normalized spacial score (nSPS) is 10.5. The Hall–Kier alpha value is -2.75. The van der Waals surface area contributed by atoms with Crippen LogP contribution in [-0.4, -0.2) is 64.7 Å². The van der Waals surface area contributed by atoms with E-state index in [0.29, 0.717) is 6.07 Å². The zero-order chi connectivity index (χ0) is 25.3. The van der Waals surface area contributed by atoms with Gasteiger partial charge in [0.2, 0.25) is 6.79 Å². The van der Waals surface area contributed by atoms with E-state index >= 15 is 0 Å². The van der Waals surface area contributed by atoms with E-state index in [9.17, 15) is 32.1 Å². The molecule has 2 rings (SSSR count). The second kappa shape index (κ2) is 14.0. The van der Waals surface area contributed by atoms with Gasteiger partial charge in [-0.2, -0.15) is 0 Å². The summed E-state index contributed by atoms with van der Waals surface area (Å²) in [7, 11) is -2.75. The van der Waals surface area contributed by atoms with Crippen LogP contribution in [0.5, 0.6) is 0 Å². The summed E-state index contributed by atoms with van der Waals surface area (Å²) in [5.74, 6) is -3.88. The van der Waals surface area contributed by atoms with E-state index in [1.165, 1.54) is 38.5 Å². The van der Waals surface area contributed by atoms with E-state index in [1.807, 2.05) is 0 Å². The SMILES string of the molecule is COCOC(=O)c1ccc(C(=O)OOCOC(=O)c2ccc(C(=O)OC)cc2)cc1S(=O)(=O)[O-].[Y]. The van der Waals surface area contributed by atoms with Crippen LogP contribution in [0.1, 0.15) is 41.4 Å². The first kappa shape index (κ1) is 30.3. The number of carbonyl (C=O) groups is 4. The monoisotopic (exact) mass is 586 g/mol. The van der Waals surface area contributed by atoms with Gasteiger partial charge in [0.1, 0.15) is 10.1 Å². The van der Waals surface area contributed by atoms with E-state index < -0.39 is 63.6 Å². The van der Waals surface area contributed by atoms with Crippen molar-refractivity contribution in [1.29, 1.82) is 0 Å². The third kappa shape index (κ3) is 8.76. The van der Waals surface area contributed by atoms with Crippen LogP contribution in [0.25, 0.3) is 0 Å². The minimum Gasteiger partial charge on any atom is -0.744 e. The molecule has 2 aromatic carbocycles. The Morgan fingerprint density at radius 2 is 1.31 bits per heavy atom. The van der Waals surface area contributed by atoms with Gasteiger partial charge in [-0.1, -0.05) is 0 Å². The molecule has 0 atom stereocenters. The average Bonchev–Trinajstić information content (AvgIpc) is 2.83. The van der Waals surface area contributed by atoms with Gasteiger partial charge in [0.05, 0.1) is 34.3 Å². The number of methoxy groups -OCH3 is 2. The van der Waals surface area contributed by atoms with Gasteiger partial charge in [-0.3, -0.25) is 4.89 Å². The van der Waals surface area contributed by atoms with Crippen LogP contribution in [0.3, 0.4) is 0 Å². The zero-order valence-corrected chi connectivity index (χ0v) is 21.9. The van der Waals surface area contributed by atoms with Crippen molar-refractivity contribution in [3.05, 3.63) is 64.7 Å². The molecule has 0 spiro atoms. The fraction of sp³-hybridized carbons (Fsp3) is 0.200. The molecule has 0 saturated heterocycles. The first-order valence-electron chi connectivity index (χ1n) is 9.03. The van der Waals surface area contributed by atoms with Crippen molar-refractivity contribution < 1.29 is 93.6 Å². The number of esters is 3. The third-order valence-electron chi connectivity index (χ3n) is 3.93. The number of rotatable bonds is 10. The Bertz CT molecular complexity index is 1180. The van der Waals surface area contributed by atoms with E-state index in [-0.39, 0.29) is 43.8 Å². The second-order valence-electron chi connectivity index (χ2n) is 6.11. The van der Waals surface area contributed by atoms with Crippen molar-refractivity contribution in [3.8, 4) is 0 Å². The molecule has 13 nitrogen and oxygen atoms in total. The fourth-order valence-electron chi connectivity index (χ4n) is 2.36. The molecule has 185 valence electrons. The Morgan fingerprint density at radius 1 is 0.771 bits per heavy atom. The molecule has 0 saturated carbocycles. The second-order valence-corrected chi connectivity index (χ2v) is 7.46. The number of ether oxygens (including phenoxy) is 4. The molecular formula is C20H17O13SY-. The molecule has 0 heterocycles. The quantitative estimate of drug-likeness (QED) is 0.0733. The molecule has 0 aliphatic rings. The van der Waals surface area contributed by atoms with E-state index in [0.717, 1.165) is 12.1 Å². The molecule has 0 aliphatic carbocycles. The summed E-state index contributed by atoms with van der Waals surface area (Å²) in [5.41, 5.74) is -0.801. The maximum absolute atomic E-state index is 12.1. The van der Waals surface area contributed by atoms with Gasteiger partial charge in [-0.15, -0.1) is 4.89 Å². The smallest absolute Gasteiger partial charge is 0.373 e. The van der Waals surface area contributed by atoms with Crippen molar-refractivity contribution in [2.75, 3.05) is 27.8 Å². The van der Waals surface area contributed by atoms with E-state index in [2.05, 4.69) is 24.0 Å². The molecule has 2 aromatic rings. The largest absolute Gasteiger partial charge is 0.744 e. The van der Waals surface area contributed by atoms with Crippen molar-refractivity contribution in [1.82, 2.24) is 0 Å². The van der Waals surface area contributed by atoms with Crippen molar-refractivity contribution >= 4 is 34.0 Å². The number of carbonyl (C=O) groups excluding carboxylic acids is 4. The Kier molecular flexibility index (Phi) is 12.1. The van der Waals surface area contributed by atoms with Crippen molar-refractivity contribution in [2.24, 2.45) is 0 Å². The maximum atomic E-state index is 12.1. The van der Waals surface area contributed by atoms with Crippen LogP contribution in [-0.2, 0) is 71.5 Å². The third-order valence-corrected chi connectivity index (χ3v) is 4.81. The van der Waals surface area contributed by atoms with Crippen molar-refractivity contribution in [2.45, 2.75) is 4.90 Å². The predicted octanol–water partition coefficient (Wildman–Crippen LogP) is 1.04. The zero-order valence-electron chi connectivity index (χ0n) is 18.2. The number of hydrogen-bond acceptors (Lipinski definition) is 13. The van der Waals surface area contributed by atoms with Gasteiger partial charge in [-0.05, 0) is 42.5 Å². The van der Waals surface area contributed by atoms with Crippen LogP contribution in [0.2, 0.25) is 0 Å². The minimum absolute atomic E-state index is 0. The van der Waals surface area contributed by atoms with Gasteiger partial charge in [0.25, 0.3) is 0 Å². The Balaban J connectivity index is 0.00000612. The molecule has 0 N–H and O–H groups in total. The molecule has 0 unspecified atom stereocenters. The van der Waals surface area contributed by atoms with Crippen LogP contribution < -0.4 is 0 Å². The predicted molar refractivity (Wildman–Crippen MR) is 106 cm³/mol. The maximum Gasteiger partial charge on any atom is 0.373 e. The summed E-state index contributed by atoms with van der Waals surface area (Å²) in [6, 6.07) is 7.72. The van der Waals surface area contributed by atoms with Gasteiger partial charge in [0.15, 0.2) is 6.79 Å². The van der Waals surface area contributed by atoms with Crippen LogP contribution in [0.15, 0.2) is 47.4 Å². The fourth-order valence-corrected chi connectivity index (χ4v) is 3.05. The number of hydrogen-bond donors (Lipinski definition) is 0. The summed E-state index contributed by atoms with van der Waals surface area (Å²) < 4.78 is 52.9. The average molecular weight is 586 g/mol. The molecule has 15 heteroatoms. The minimum atomic E-state index is -5.18. The molecule has 0 amide bonds. The van der Waals surface area contributed by atoms with Gasteiger partial charge in [-0.25, -0.2) is 27.6 Å². The van der Waals surface area contributed by atoms with Gasteiger partial charge in [0, 0.05) is 39.8 Å². The molecule has 0 bridgehead atoms. The van der Waals surface area contributed by atoms with E-state index in [1.54, 1.807) is 0 Å². The summed E-state index contributed by atoms with van der Waals surface area (Å²) in [6.45, 7) is -1.33. The van der Waals surface area contributed by atoms with Crippen molar-refractivity contribution in [3.63, 3.8) is 0 Å². The van der Waals surface area contributed by atoms with Crippen LogP contribution in [0, 0.1) is 0 Å². The summed E-state index contributed by atoms with van der Waals surface area (Å²) in [5, 5.41) is 0. The Morgan fingerprint density at radius 3 is 1.86 bits per heavy atom. The molecule has 0 fully saturated rings. The Labute approximate surface area is 224 Å². The van der Waals surface area contributed by atoms with Crippen LogP contribution >= 0.6 is 0 Å². The standard InChI is InChI=1S/C20H18O13S.Y/c1-28-10-30-20(24)15-8-7-14(9-16(15)34(25,26)27)19(23)33-32-11-31-18(22)13-5-3-12(4-6-13)17(21)29-2;/h3-9H,10-11H2,1-2H3,(H,25,26,27);/p-1. The molecule has 35 heavy (non-hydrogen) atoms. The molecule has 1 radical (unpaired) electrons. The first-order valence-corrected chi connectivity index (χ1v) is 10.4. The van der Waals surface area contributed by atoms with Crippen LogP contribution in [0.4, 0.5) is 0 Å². The first-order chi connectivity index (χ1) is 16.1. The van der Waals surface area contributed by atoms with Gasteiger partial charge >= 0.3 is 23.9 Å². The number of benzene rings is 2. The molecule has 0 aliphatic heterocycles. The topological polar surface area (TPSA) is 181 Å².